The standard InChI is InChI=1S/C34H29F3N4O2/c35-22-14-20(15-23(36)18-22)16-29(33-24(8-5-13-39-33)21-11-12-28(37)27(17-21)34(38)43)40-32(42)19-41-30-9-3-1-6-25(30)26-7-2-4-10-31(26)41/h1,3,5-6,8-9,11-15,17-18,29H,2,4,7,10,16,19H2,(H2,38,43)(H,40,42)/t29-/m0/s1. The number of para-hydroxylation sites is 1. The largest absolute Gasteiger partial charge is 0.366 e. The monoisotopic (exact) mass is 582 g/mol. The number of rotatable bonds is 8. The number of primary amides is 1. The summed E-state index contributed by atoms with van der Waals surface area (Å²) in [6, 6.07) is 17.8. The summed E-state index contributed by atoms with van der Waals surface area (Å²) in [5.74, 6) is -3.46. The number of aromatic nitrogens is 2. The second kappa shape index (κ2) is 11.8. The fourth-order valence-electron chi connectivity index (χ4n) is 6.15. The number of hydrogen-bond acceptors (Lipinski definition) is 3. The Morgan fingerprint density at radius 3 is 2.49 bits per heavy atom. The summed E-state index contributed by atoms with van der Waals surface area (Å²) < 4.78 is 44.7. The molecular formula is C34H29F3N4O2. The van der Waals surface area contributed by atoms with E-state index in [2.05, 4.69) is 20.9 Å². The summed E-state index contributed by atoms with van der Waals surface area (Å²) in [5.41, 5.74) is 10.2. The number of carbonyl (C=O) groups is 2. The van der Waals surface area contributed by atoms with E-state index in [9.17, 15) is 22.8 Å². The molecular weight excluding hydrogens is 553 g/mol. The molecule has 6 rings (SSSR count). The topological polar surface area (TPSA) is 90.0 Å². The summed E-state index contributed by atoms with van der Waals surface area (Å²) in [5, 5.41) is 4.20. The highest BCUT2D eigenvalue weighted by atomic mass is 19.1. The van der Waals surface area contributed by atoms with Crippen LogP contribution in [0.1, 0.15) is 51.8 Å². The lowest BCUT2D eigenvalue weighted by Crippen LogP contribution is -2.34. The van der Waals surface area contributed by atoms with Crippen molar-refractivity contribution in [2.75, 3.05) is 0 Å². The van der Waals surface area contributed by atoms with Crippen LogP contribution >= 0.6 is 0 Å². The second-order valence-corrected chi connectivity index (χ2v) is 10.8. The molecule has 9 heteroatoms. The Balaban J connectivity index is 1.39. The molecule has 0 unspecified atom stereocenters. The molecule has 0 saturated carbocycles. The minimum atomic E-state index is -0.924. The normalized spacial score (nSPS) is 13.5. The SMILES string of the molecule is NC(=O)c1cc(-c2cccnc2[C@H](Cc2cc(F)cc(F)c2)NC(=O)Cn2c3c(c4ccccc42)CCCC3)ccc1F. The van der Waals surface area contributed by atoms with Crippen molar-refractivity contribution in [3.63, 3.8) is 0 Å². The molecule has 218 valence electrons. The number of hydrogen-bond donors (Lipinski definition) is 2. The molecule has 5 aromatic rings. The van der Waals surface area contributed by atoms with Crippen LogP contribution in [0.4, 0.5) is 13.2 Å². The molecule has 1 atom stereocenters. The first-order valence-corrected chi connectivity index (χ1v) is 14.2. The first-order valence-electron chi connectivity index (χ1n) is 14.2. The van der Waals surface area contributed by atoms with Gasteiger partial charge < -0.3 is 15.6 Å². The lowest BCUT2D eigenvalue weighted by molar-refractivity contribution is -0.122. The Morgan fingerprint density at radius 2 is 1.70 bits per heavy atom. The van der Waals surface area contributed by atoms with Crippen LogP contribution < -0.4 is 11.1 Å². The van der Waals surface area contributed by atoms with Gasteiger partial charge in [0, 0.05) is 34.4 Å². The average Bonchev–Trinajstić information content (AvgIpc) is 3.30. The molecule has 2 aromatic heterocycles. The summed E-state index contributed by atoms with van der Waals surface area (Å²) in [4.78, 5) is 30.2. The van der Waals surface area contributed by atoms with Gasteiger partial charge >= 0.3 is 0 Å². The van der Waals surface area contributed by atoms with Crippen molar-refractivity contribution in [3.05, 3.63) is 125 Å². The molecule has 0 radical (unpaired) electrons. The van der Waals surface area contributed by atoms with Crippen LogP contribution in [-0.4, -0.2) is 21.4 Å². The Hall–Kier alpha value is -4.92. The van der Waals surface area contributed by atoms with E-state index in [4.69, 9.17) is 5.73 Å². The maximum atomic E-state index is 14.3. The highest BCUT2D eigenvalue weighted by molar-refractivity contribution is 5.94. The quantitative estimate of drug-likeness (QED) is 0.228. The molecule has 3 aromatic carbocycles. The number of benzene rings is 3. The zero-order valence-corrected chi connectivity index (χ0v) is 23.2. The highest BCUT2D eigenvalue weighted by Gasteiger charge is 2.25. The fourth-order valence-corrected chi connectivity index (χ4v) is 6.15. The summed E-state index contributed by atoms with van der Waals surface area (Å²) in [6.07, 6.45) is 5.54. The van der Waals surface area contributed by atoms with Gasteiger partial charge in [0.1, 0.15) is 24.0 Å². The third-order valence-corrected chi connectivity index (χ3v) is 8.00. The van der Waals surface area contributed by atoms with Gasteiger partial charge in [0.25, 0.3) is 5.91 Å². The van der Waals surface area contributed by atoms with E-state index in [-0.39, 0.29) is 24.4 Å². The molecule has 1 aliphatic rings. The summed E-state index contributed by atoms with van der Waals surface area (Å²) >= 11 is 0. The van der Waals surface area contributed by atoms with E-state index in [1.54, 1.807) is 18.3 Å². The number of aryl methyl sites for hydroxylation is 1. The third kappa shape index (κ3) is 5.75. The maximum absolute atomic E-state index is 14.3. The molecule has 0 fully saturated rings. The second-order valence-electron chi connectivity index (χ2n) is 10.8. The van der Waals surface area contributed by atoms with Gasteiger partial charge in [-0.15, -0.1) is 0 Å². The minimum Gasteiger partial charge on any atom is -0.366 e. The lowest BCUT2D eigenvalue weighted by Gasteiger charge is -2.23. The van der Waals surface area contributed by atoms with Gasteiger partial charge in [0.2, 0.25) is 5.91 Å². The van der Waals surface area contributed by atoms with Crippen LogP contribution in [0.15, 0.2) is 79.0 Å². The number of amides is 2. The van der Waals surface area contributed by atoms with Crippen LogP contribution in [0.25, 0.3) is 22.0 Å². The first kappa shape index (κ1) is 28.2. The molecule has 2 heterocycles. The van der Waals surface area contributed by atoms with Crippen molar-refractivity contribution in [1.29, 1.82) is 0 Å². The average molecular weight is 583 g/mol. The predicted molar refractivity (Wildman–Crippen MR) is 158 cm³/mol. The molecule has 43 heavy (non-hydrogen) atoms. The van der Waals surface area contributed by atoms with Gasteiger partial charge in [-0.1, -0.05) is 30.3 Å². The fraction of sp³-hybridized carbons (Fsp3) is 0.206. The Labute approximate surface area is 246 Å². The molecule has 0 spiro atoms. The molecule has 0 bridgehead atoms. The van der Waals surface area contributed by atoms with Crippen molar-refractivity contribution in [2.45, 2.75) is 44.7 Å². The lowest BCUT2D eigenvalue weighted by atomic mass is 9.94. The van der Waals surface area contributed by atoms with Crippen LogP contribution in [-0.2, 0) is 30.6 Å². The summed E-state index contributed by atoms with van der Waals surface area (Å²) in [7, 11) is 0. The molecule has 6 nitrogen and oxygen atoms in total. The van der Waals surface area contributed by atoms with Gasteiger partial charge in [-0.3, -0.25) is 14.6 Å². The van der Waals surface area contributed by atoms with E-state index in [0.29, 0.717) is 22.4 Å². The van der Waals surface area contributed by atoms with E-state index < -0.39 is 29.4 Å². The molecule has 0 aliphatic heterocycles. The number of nitrogens with two attached hydrogens (primary N) is 1. The number of carbonyl (C=O) groups excluding carboxylic acids is 2. The molecule has 0 saturated heterocycles. The number of pyridine rings is 1. The summed E-state index contributed by atoms with van der Waals surface area (Å²) in [6.45, 7) is 0.0500. The maximum Gasteiger partial charge on any atom is 0.251 e. The number of nitrogens with one attached hydrogen (secondary N) is 1. The number of fused-ring (bicyclic) bond motifs is 3. The van der Waals surface area contributed by atoms with Crippen molar-refractivity contribution < 1.29 is 22.8 Å². The smallest absolute Gasteiger partial charge is 0.251 e. The number of halogens is 3. The predicted octanol–water partition coefficient (Wildman–Crippen LogP) is 6.20. The zero-order valence-electron chi connectivity index (χ0n) is 23.2. The van der Waals surface area contributed by atoms with Gasteiger partial charge in [-0.2, -0.15) is 0 Å². The first-order chi connectivity index (χ1) is 20.8. The molecule has 3 N–H and O–H groups in total. The highest BCUT2D eigenvalue weighted by Crippen LogP contribution is 2.33. The van der Waals surface area contributed by atoms with Gasteiger partial charge in [0.15, 0.2) is 0 Å². The van der Waals surface area contributed by atoms with E-state index >= 15 is 0 Å². The minimum absolute atomic E-state index is 0.0266. The van der Waals surface area contributed by atoms with Gasteiger partial charge in [0.05, 0.1) is 17.3 Å². The van der Waals surface area contributed by atoms with Crippen molar-refractivity contribution >= 4 is 22.7 Å². The van der Waals surface area contributed by atoms with Crippen molar-refractivity contribution in [2.24, 2.45) is 5.73 Å². The number of nitrogens with zero attached hydrogens (tertiary/aromatic N) is 2. The van der Waals surface area contributed by atoms with Crippen LogP contribution in [0.5, 0.6) is 0 Å². The third-order valence-electron chi connectivity index (χ3n) is 8.00. The van der Waals surface area contributed by atoms with Crippen LogP contribution in [0.2, 0.25) is 0 Å². The molecule has 2 amide bonds. The zero-order chi connectivity index (χ0) is 30.1. The Kier molecular flexibility index (Phi) is 7.71. The van der Waals surface area contributed by atoms with E-state index in [0.717, 1.165) is 54.4 Å². The van der Waals surface area contributed by atoms with Crippen molar-refractivity contribution in [1.82, 2.24) is 14.9 Å². The van der Waals surface area contributed by atoms with E-state index in [1.807, 2.05) is 18.2 Å². The Bertz CT molecular complexity index is 1850. The van der Waals surface area contributed by atoms with E-state index in [1.165, 1.54) is 29.8 Å². The van der Waals surface area contributed by atoms with Crippen LogP contribution in [0.3, 0.4) is 0 Å². The Morgan fingerprint density at radius 1 is 0.930 bits per heavy atom. The van der Waals surface area contributed by atoms with Gasteiger partial charge in [-0.05, 0) is 85.2 Å². The van der Waals surface area contributed by atoms with Crippen molar-refractivity contribution in [3.8, 4) is 11.1 Å². The van der Waals surface area contributed by atoms with Crippen LogP contribution in [0, 0.1) is 17.5 Å². The van der Waals surface area contributed by atoms with Gasteiger partial charge in [-0.25, -0.2) is 13.2 Å². The molecule has 1 aliphatic carbocycles.